The lowest BCUT2D eigenvalue weighted by molar-refractivity contribution is 1.46. The SMILES string of the molecule is N#CC(=N)c1ccc(Cl)cc1N. The first kappa shape index (κ1) is 8.57. The second-order valence-corrected chi connectivity index (χ2v) is 2.65. The molecule has 0 aliphatic heterocycles. The molecule has 3 nitrogen and oxygen atoms in total. The molecule has 12 heavy (non-hydrogen) atoms. The fraction of sp³-hybridized carbons (Fsp3) is 0. The van der Waals surface area contributed by atoms with E-state index in [9.17, 15) is 0 Å². The van der Waals surface area contributed by atoms with E-state index in [4.69, 9.17) is 28.0 Å². The molecule has 0 aromatic heterocycles. The van der Waals surface area contributed by atoms with Gasteiger partial charge in [-0.05, 0) is 18.2 Å². The molecule has 0 amide bonds. The van der Waals surface area contributed by atoms with Gasteiger partial charge in [-0.15, -0.1) is 0 Å². The molecule has 0 bridgehead atoms. The second kappa shape index (κ2) is 3.24. The Hall–Kier alpha value is -1.53. The zero-order chi connectivity index (χ0) is 9.14. The van der Waals surface area contributed by atoms with Crippen molar-refractivity contribution < 1.29 is 0 Å². The van der Waals surface area contributed by atoms with Crippen LogP contribution in [0, 0.1) is 16.7 Å². The average molecular weight is 180 g/mol. The smallest absolute Gasteiger partial charge is 0.141 e. The number of rotatable bonds is 1. The summed E-state index contributed by atoms with van der Waals surface area (Å²) in [6, 6.07) is 6.37. The lowest BCUT2D eigenvalue weighted by Gasteiger charge is -2.00. The molecule has 1 rings (SSSR count). The second-order valence-electron chi connectivity index (χ2n) is 2.22. The first-order valence-electron chi connectivity index (χ1n) is 3.19. The molecule has 0 saturated heterocycles. The minimum absolute atomic E-state index is 0.149. The van der Waals surface area contributed by atoms with Crippen molar-refractivity contribution in [1.82, 2.24) is 0 Å². The van der Waals surface area contributed by atoms with Gasteiger partial charge in [-0.3, -0.25) is 5.41 Å². The summed E-state index contributed by atoms with van der Waals surface area (Å²) in [5.41, 5.74) is 6.15. The van der Waals surface area contributed by atoms with Gasteiger partial charge in [0.2, 0.25) is 0 Å². The van der Waals surface area contributed by atoms with Gasteiger partial charge in [0, 0.05) is 16.3 Å². The molecule has 0 fully saturated rings. The molecule has 0 heterocycles. The van der Waals surface area contributed by atoms with E-state index in [2.05, 4.69) is 0 Å². The predicted octanol–water partition coefficient (Wildman–Crippen LogP) is 1.81. The number of hydrogen-bond donors (Lipinski definition) is 2. The van der Waals surface area contributed by atoms with Gasteiger partial charge >= 0.3 is 0 Å². The van der Waals surface area contributed by atoms with E-state index in [1.165, 1.54) is 6.07 Å². The first-order valence-corrected chi connectivity index (χ1v) is 3.57. The van der Waals surface area contributed by atoms with E-state index in [0.29, 0.717) is 16.3 Å². The van der Waals surface area contributed by atoms with Crippen LogP contribution in [0.15, 0.2) is 18.2 Å². The minimum Gasteiger partial charge on any atom is -0.398 e. The van der Waals surface area contributed by atoms with Crippen LogP contribution >= 0.6 is 11.6 Å². The quantitative estimate of drug-likeness (QED) is 0.510. The van der Waals surface area contributed by atoms with Crippen molar-refractivity contribution in [1.29, 1.82) is 10.7 Å². The normalized spacial score (nSPS) is 9.00. The first-order chi connectivity index (χ1) is 5.65. The Morgan fingerprint density at radius 1 is 1.58 bits per heavy atom. The van der Waals surface area contributed by atoms with Crippen molar-refractivity contribution in [3.05, 3.63) is 28.8 Å². The third-order valence-electron chi connectivity index (χ3n) is 1.39. The maximum atomic E-state index is 8.42. The maximum absolute atomic E-state index is 8.42. The van der Waals surface area contributed by atoms with Gasteiger partial charge in [0.15, 0.2) is 0 Å². The molecular formula is C8H6ClN3. The molecule has 0 radical (unpaired) electrons. The lowest BCUT2D eigenvalue weighted by atomic mass is 10.1. The van der Waals surface area contributed by atoms with Crippen LogP contribution in [0.5, 0.6) is 0 Å². The van der Waals surface area contributed by atoms with Crippen LogP contribution in [0.4, 0.5) is 5.69 Å². The van der Waals surface area contributed by atoms with Crippen molar-refractivity contribution in [3.63, 3.8) is 0 Å². The molecule has 0 aliphatic rings. The van der Waals surface area contributed by atoms with E-state index in [0.717, 1.165) is 0 Å². The van der Waals surface area contributed by atoms with Gasteiger partial charge in [0.1, 0.15) is 11.8 Å². The summed E-state index contributed by atoms with van der Waals surface area (Å²) in [4.78, 5) is 0. The Morgan fingerprint density at radius 3 is 2.75 bits per heavy atom. The summed E-state index contributed by atoms with van der Waals surface area (Å²) in [7, 11) is 0. The number of anilines is 1. The van der Waals surface area contributed by atoms with E-state index < -0.39 is 0 Å². The molecule has 1 aromatic carbocycles. The van der Waals surface area contributed by atoms with Crippen molar-refractivity contribution in [2.45, 2.75) is 0 Å². The molecule has 60 valence electrons. The summed E-state index contributed by atoms with van der Waals surface area (Å²) >= 11 is 5.63. The lowest BCUT2D eigenvalue weighted by Crippen LogP contribution is -2.00. The van der Waals surface area contributed by atoms with E-state index in [1.54, 1.807) is 18.2 Å². The van der Waals surface area contributed by atoms with E-state index >= 15 is 0 Å². The van der Waals surface area contributed by atoms with Crippen LogP contribution in [0.25, 0.3) is 0 Å². The Kier molecular flexibility index (Phi) is 2.32. The number of benzene rings is 1. The number of nitrogen functional groups attached to an aromatic ring is 1. The number of hydrogen-bond acceptors (Lipinski definition) is 3. The largest absolute Gasteiger partial charge is 0.398 e. The van der Waals surface area contributed by atoms with E-state index in [1.807, 2.05) is 0 Å². The van der Waals surface area contributed by atoms with Gasteiger partial charge in [0.25, 0.3) is 0 Å². The molecule has 1 aromatic rings. The third-order valence-corrected chi connectivity index (χ3v) is 1.63. The molecule has 0 saturated carbocycles. The van der Waals surface area contributed by atoms with Gasteiger partial charge in [0.05, 0.1) is 0 Å². The zero-order valence-electron chi connectivity index (χ0n) is 6.13. The molecule has 3 N–H and O–H groups in total. The molecule has 0 aliphatic carbocycles. The maximum Gasteiger partial charge on any atom is 0.141 e. The molecule has 0 atom stereocenters. The van der Waals surface area contributed by atoms with Crippen molar-refractivity contribution in [2.24, 2.45) is 0 Å². The minimum atomic E-state index is -0.149. The highest BCUT2D eigenvalue weighted by Crippen LogP contribution is 2.17. The topological polar surface area (TPSA) is 73.7 Å². The predicted molar refractivity (Wildman–Crippen MR) is 48.3 cm³/mol. The van der Waals surface area contributed by atoms with Crippen LogP contribution in [0.1, 0.15) is 5.56 Å². The van der Waals surface area contributed by atoms with Crippen LogP contribution in [0.3, 0.4) is 0 Å². The van der Waals surface area contributed by atoms with Crippen LogP contribution in [0.2, 0.25) is 5.02 Å². The molecule has 4 heteroatoms. The third kappa shape index (κ3) is 1.55. The Labute approximate surface area is 74.9 Å². The number of nitrogens with two attached hydrogens (primary N) is 1. The van der Waals surface area contributed by atoms with Crippen molar-refractivity contribution in [3.8, 4) is 6.07 Å². The Bertz CT molecular complexity index is 365. The van der Waals surface area contributed by atoms with Gasteiger partial charge in [-0.25, -0.2) is 0 Å². The Morgan fingerprint density at radius 2 is 2.25 bits per heavy atom. The Balaban J connectivity index is 3.20. The number of nitrogens with one attached hydrogen (secondary N) is 1. The molecule has 0 spiro atoms. The zero-order valence-corrected chi connectivity index (χ0v) is 6.89. The van der Waals surface area contributed by atoms with Gasteiger partial charge in [-0.1, -0.05) is 11.6 Å². The summed E-state index contributed by atoms with van der Waals surface area (Å²) in [6.45, 7) is 0. The fourth-order valence-corrected chi connectivity index (χ4v) is 1.00. The number of nitriles is 1. The van der Waals surface area contributed by atoms with Crippen LogP contribution in [-0.2, 0) is 0 Å². The molecular weight excluding hydrogens is 174 g/mol. The van der Waals surface area contributed by atoms with Crippen LogP contribution in [-0.4, -0.2) is 5.71 Å². The van der Waals surface area contributed by atoms with Crippen molar-refractivity contribution in [2.75, 3.05) is 5.73 Å². The number of nitrogens with zero attached hydrogens (tertiary/aromatic N) is 1. The fourth-order valence-electron chi connectivity index (χ4n) is 0.821. The highest BCUT2D eigenvalue weighted by Gasteiger charge is 2.04. The highest BCUT2D eigenvalue weighted by molar-refractivity contribution is 6.31. The molecule has 0 unspecified atom stereocenters. The summed E-state index contributed by atoms with van der Waals surface area (Å²) in [6.07, 6.45) is 0. The van der Waals surface area contributed by atoms with Gasteiger partial charge in [-0.2, -0.15) is 5.26 Å². The summed E-state index contributed by atoms with van der Waals surface area (Å²) in [5.74, 6) is 0. The van der Waals surface area contributed by atoms with Crippen molar-refractivity contribution >= 4 is 23.0 Å². The van der Waals surface area contributed by atoms with Gasteiger partial charge < -0.3 is 5.73 Å². The standard InChI is InChI=1S/C8H6ClN3/c9-5-1-2-6(7(11)3-5)8(12)4-10/h1-3,12H,11H2. The monoisotopic (exact) mass is 179 g/mol. The van der Waals surface area contributed by atoms with Crippen LogP contribution < -0.4 is 5.73 Å². The average Bonchev–Trinajstić information content (AvgIpc) is 2.03. The number of halogens is 1. The highest BCUT2D eigenvalue weighted by atomic mass is 35.5. The van der Waals surface area contributed by atoms with E-state index in [-0.39, 0.29) is 5.71 Å². The summed E-state index contributed by atoms with van der Waals surface area (Å²) < 4.78 is 0. The summed E-state index contributed by atoms with van der Waals surface area (Å²) in [5, 5.41) is 16.1.